The van der Waals surface area contributed by atoms with E-state index in [4.69, 9.17) is 5.11 Å². The fraction of sp³-hybridized carbons (Fsp3) is 0.571. The highest BCUT2D eigenvalue weighted by molar-refractivity contribution is 5.66. The van der Waals surface area contributed by atoms with Crippen LogP contribution in [0, 0.1) is 5.92 Å². The number of hydrogen-bond donors (Lipinski definition) is 1. The molecule has 1 atom stereocenters. The van der Waals surface area contributed by atoms with Crippen LogP contribution in [0.2, 0.25) is 0 Å². The summed E-state index contributed by atoms with van der Waals surface area (Å²) in [5.41, 5.74) is 1.44. The molecule has 1 N–H and O–H groups in total. The minimum atomic E-state index is -0.682. The Morgan fingerprint density at radius 3 is 2.35 bits per heavy atom. The molecule has 1 saturated carbocycles. The van der Waals surface area contributed by atoms with Gasteiger partial charge >= 0.3 is 5.97 Å². The minimum absolute atomic E-state index is 0.301. The van der Waals surface area contributed by atoms with Gasteiger partial charge in [0, 0.05) is 6.42 Å². The SMILES string of the molecule is CCCCC/C=C\C/C=C\C/C=C\C/C=C1\CC1CCC(=O)O. The number of hydrogen-bond acceptors (Lipinski definition) is 1. The maximum absolute atomic E-state index is 10.5. The first-order valence-corrected chi connectivity index (χ1v) is 9.09. The van der Waals surface area contributed by atoms with Crippen molar-refractivity contribution in [3.63, 3.8) is 0 Å². The number of aliphatic carboxylic acids is 1. The molecule has 0 spiro atoms. The van der Waals surface area contributed by atoms with E-state index < -0.39 is 5.97 Å². The van der Waals surface area contributed by atoms with Crippen molar-refractivity contribution in [1.29, 1.82) is 0 Å². The Labute approximate surface area is 141 Å². The van der Waals surface area contributed by atoms with E-state index in [1.807, 2.05) is 0 Å². The van der Waals surface area contributed by atoms with E-state index in [1.165, 1.54) is 31.3 Å². The first-order chi connectivity index (χ1) is 11.2. The maximum Gasteiger partial charge on any atom is 0.303 e. The van der Waals surface area contributed by atoms with E-state index >= 15 is 0 Å². The van der Waals surface area contributed by atoms with Crippen molar-refractivity contribution in [3.8, 4) is 0 Å². The highest BCUT2D eigenvalue weighted by Crippen LogP contribution is 2.41. The Morgan fingerprint density at radius 1 is 1.04 bits per heavy atom. The third-order valence-corrected chi connectivity index (χ3v) is 4.09. The Kier molecular flexibility index (Phi) is 10.9. The van der Waals surface area contributed by atoms with Crippen molar-refractivity contribution in [2.45, 2.75) is 71.1 Å². The molecule has 0 saturated heterocycles. The van der Waals surface area contributed by atoms with Gasteiger partial charge in [0.2, 0.25) is 0 Å². The molecule has 0 aromatic rings. The van der Waals surface area contributed by atoms with Gasteiger partial charge in [-0.2, -0.15) is 0 Å². The summed E-state index contributed by atoms with van der Waals surface area (Å²) in [4.78, 5) is 10.5. The van der Waals surface area contributed by atoms with Crippen LogP contribution in [-0.4, -0.2) is 11.1 Å². The summed E-state index contributed by atoms with van der Waals surface area (Å²) in [5, 5.41) is 8.63. The van der Waals surface area contributed by atoms with E-state index in [0.717, 1.165) is 32.1 Å². The van der Waals surface area contributed by atoms with Gasteiger partial charge in [0.05, 0.1) is 0 Å². The fourth-order valence-electron chi connectivity index (χ4n) is 2.55. The number of carboxylic acid groups (broad SMARTS) is 1. The molecule has 0 bridgehead atoms. The zero-order chi connectivity index (χ0) is 16.8. The molecule has 2 nitrogen and oxygen atoms in total. The van der Waals surface area contributed by atoms with Crippen LogP contribution in [0.4, 0.5) is 0 Å². The lowest BCUT2D eigenvalue weighted by atomic mass is 10.2. The molecule has 1 fully saturated rings. The molecule has 1 aliphatic carbocycles. The van der Waals surface area contributed by atoms with Crippen LogP contribution in [0.5, 0.6) is 0 Å². The zero-order valence-electron chi connectivity index (χ0n) is 14.5. The van der Waals surface area contributed by atoms with E-state index in [0.29, 0.717) is 12.3 Å². The Morgan fingerprint density at radius 2 is 1.70 bits per heavy atom. The van der Waals surface area contributed by atoms with Crippen LogP contribution in [0.25, 0.3) is 0 Å². The van der Waals surface area contributed by atoms with Crippen molar-refractivity contribution in [3.05, 3.63) is 48.1 Å². The molecule has 1 aliphatic rings. The predicted octanol–water partition coefficient (Wildman–Crippen LogP) is 6.22. The Bertz CT molecular complexity index is 441. The lowest BCUT2D eigenvalue weighted by molar-refractivity contribution is -0.137. The van der Waals surface area contributed by atoms with Crippen LogP contribution < -0.4 is 0 Å². The normalized spacial score (nSPS) is 19.5. The van der Waals surface area contributed by atoms with E-state index in [9.17, 15) is 4.79 Å². The molecule has 0 aliphatic heterocycles. The first-order valence-electron chi connectivity index (χ1n) is 9.09. The lowest BCUT2D eigenvalue weighted by Crippen LogP contribution is -1.94. The molecule has 128 valence electrons. The molecule has 0 radical (unpaired) electrons. The van der Waals surface area contributed by atoms with Gasteiger partial charge < -0.3 is 5.11 Å². The summed E-state index contributed by atoms with van der Waals surface area (Å²) in [6, 6.07) is 0. The van der Waals surface area contributed by atoms with Crippen molar-refractivity contribution < 1.29 is 9.90 Å². The molecule has 1 rings (SSSR count). The van der Waals surface area contributed by atoms with E-state index in [1.54, 1.807) is 0 Å². The van der Waals surface area contributed by atoms with Gasteiger partial charge in [-0.15, -0.1) is 0 Å². The van der Waals surface area contributed by atoms with Gasteiger partial charge in [-0.1, -0.05) is 67.9 Å². The smallest absolute Gasteiger partial charge is 0.303 e. The number of carbonyl (C=O) groups is 1. The van der Waals surface area contributed by atoms with Gasteiger partial charge in [-0.05, 0) is 50.9 Å². The largest absolute Gasteiger partial charge is 0.481 e. The van der Waals surface area contributed by atoms with Gasteiger partial charge in [0.1, 0.15) is 0 Å². The fourth-order valence-corrected chi connectivity index (χ4v) is 2.55. The minimum Gasteiger partial charge on any atom is -0.481 e. The van der Waals surface area contributed by atoms with Crippen molar-refractivity contribution in [1.82, 2.24) is 0 Å². The highest BCUT2D eigenvalue weighted by atomic mass is 16.4. The van der Waals surface area contributed by atoms with Crippen LogP contribution in [0.15, 0.2) is 48.1 Å². The third-order valence-electron chi connectivity index (χ3n) is 4.09. The number of unbranched alkanes of at least 4 members (excludes halogenated alkanes) is 3. The topological polar surface area (TPSA) is 37.3 Å². The first kappa shape index (κ1) is 19.5. The summed E-state index contributed by atoms with van der Waals surface area (Å²) >= 11 is 0. The van der Waals surface area contributed by atoms with Crippen molar-refractivity contribution in [2.24, 2.45) is 5.92 Å². The average molecular weight is 316 g/mol. The van der Waals surface area contributed by atoms with Crippen molar-refractivity contribution in [2.75, 3.05) is 0 Å². The molecule has 0 aromatic carbocycles. The second kappa shape index (κ2) is 12.9. The maximum atomic E-state index is 10.5. The third kappa shape index (κ3) is 11.6. The van der Waals surface area contributed by atoms with Gasteiger partial charge in [0.15, 0.2) is 0 Å². The molecular formula is C21H32O2. The zero-order valence-corrected chi connectivity index (χ0v) is 14.5. The van der Waals surface area contributed by atoms with E-state index in [2.05, 4.69) is 49.5 Å². The van der Waals surface area contributed by atoms with Crippen molar-refractivity contribution >= 4 is 5.97 Å². The molecule has 2 heteroatoms. The molecule has 1 unspecified atom stereocenters. The van der Waals surface area contributed by atoms with Crippen LogP contribution in [-0.2, 0) is 4.79 Å². The molecule has 0 amide bonds. The average Bonchev–Trinajstić information content (AvgIpc) is 3.28. The van der Waals surface area contributed by atoms with Crippen LogP contribution in [0.1, 0.15) is 71.1 Å². The summed E-state index contributed by atoms with van der Waals surface area (Å²) in [5.74, 6) is -0.137. The Balaban J connectivity index is 1.96. The quantitative estimate of drug-likeness (QED) is 0.323. The van der Waals surface area contributed by atoms with Crippen LogP contribution >= 0.6 is 0 Å². The summed E-state index contributed by atoms with van der Waals surface area (Å²) < 4.78 is 0. The number of carboxylic acids is 1. The monoisotopic (exact) mass is 316 g/mol. The summed E-state index contributed by atoms with van der Waals surface area (Å²) in [6.07, 6.45) is 26.0. The van der Waals surface area contributed by atoms with Crippen LogP contribution in [0.3, 0.4) is 0 Å². The summed E-state index contributed by atoms with van der Waals surface area (Å²) in [6.45, 7) is 2.23. The lowest BCUT2D eigenvalue weighted by Gasteiger charge is -1.90. The van der Waals surface area contributed by atoms with E-state index in [-0.39, 0.29) is 0 Å². The number of rotatable bonds is 13. The molecule has 0 aromatic heterocycles. The van der Waals surface area contributed by atoms with Gasteiger partial charge in [-0.25, -0.2) is 0 Å². The standard InChI is InChI=1S/C21H32O2/c1-2-3-4-5-6-7-8-9-10-11-12-13-14-15-19-18-20(19)16-17-21(22)23/h6-7,9-10,12-13,15,20H,2-5,8,11,14,16-18H2,1H3,(H,22,23)/b7-6-,10-9-,13-12-,19-15+. The summed E-state index contributed by atoms with van der Waals surface area (Å²) in [7, 11) is 0. The van der Waals surface area contributed by atoms with Gasteiger partial charge in [0.25, 0.3) is 0 Å². The van der Waals surface area contributed by atoms with Gasteiger partial charge in [-0.3, -0.25) is 4.79 Å². The second-order valence-electron chi connectivity index (χ2n) is 6.23. The predicted molar refractivity (Wildman–Crippen MR) is 98.5 cm³/mol. The molecular weight excluding hydrogens is 284 g/mol. The molecule has 23 heavy (non-hydrogen) atoms. The highest BCUT2D eigenvalue weighted by Gasteiger charge is 2.28. The number of allylic oxidation sites excluding steroid dienone is 8. The second-order valence-corrected chi connectivity index (χ2v) is 6.23. The Hall–Kier alpha value is -1.57. The molecule has 0 heterocycles.